The second-order valence-electron chi connectivity index (χ2n) is 15.1. The monoisotopic (exact) mass is 796 g/mol. The van der Waals surface area contributed by atoms with E-state index in [1.165, 1.54) is 58.4 Å². The fourth-order valence-electron chi connectivity index (χ4n) is 7.89. The van der Waals surface area contributed by atoms with Crippen molar-refractivity contribution in [2.75, 3.05) is 26.9 Å². The third-order valence-electron chi connectivity index (χ3n) is 10.7. The van der Waals surface area contributed by atoms with Gasteiger partial charge in [0, 0.05) is 17.7 Å². The van der Waals surface area contributed by atoms with Gasteiger partial charge in [0.2, 0.25) is 5.91 Å². The highest BCUT2D eigenvalue weighted by Crippen LogP contribution is 2.38. The van der Waals surface area contributed by atoms with E-state index >= 15 is 4.39 Å². The fraction of sp³-hybridized carbons (Fsp3) is 0.341. The number of thiophene rings is 1. The molecule has 1 N–H and O–H groups in total. The first-order valence-corrected chi connectivity index (χ1v) is 21.2. The average molecular weight is 797 g/mol. The van der Waals surface area contributed by atoms with E-state index in [2.05, 4.69) is 60.6 Å². The Morgan fingerprint density at radius 1 is 0.964 bits per heavy atom. The number of carbonyl (C=O) groups is 1. The Morgan fingerprint density at radius 3 is 2.18 bits per heavy atom. The highest BCUT2D eigenvalue weighted by molar-refractivity contribution is 7.21. The van der Waals surface area contributed by atoms with Crippen molar-refractivity contribution in [3.63, 3.8) is 0 Å². The molecule has 2 atom stereocenters. The summed E-state index contributed by atoms with van der Waals surface area (Å²) in [5.41, 5.74) is -1.82. The SMILES string of the molecule is COc1ccc(F)cc1[C@H](Cn1c(=O)n([C@@]2(C)CCNC2=O)c(=O)c2c(C)c(-n3nccn3)sc21)OCCO[Si](c1ccccc1)(c1ccccc1)C(C)(C)C. The molecule has 3 aromatic heterocycles. The number of benzene rings is 3. The first-order chi connectivity index (χ1) is 26.8. The number of aryl methyl sites for hydroxylation is 1. The van der Waals surface area contributed by atoms with E-state index < -0.39 is 42.9 Å². The zero-order valence-electron chi connectivity index (χ0n) is 32.2. The maximum absolute atomic E-state index is 15.1. The number of fused-ring (bicyclic) bond motifs is 1. The highest BCUT2D eigenvalue weighted by atomic mass is 32.1. The van der Waals surface area contributed by atoms with Gasteiger partial charge in [0.1, 0.15) is 33.0 Å². The summed E-state index contributed by atoms with van der Waals surface area (Å²) in [6.07, 6.45) is 2.32. The summed E-state index contributed by atoms with van der Waals surface area (Å²) in [6.45, 7) is 10.3. The van der Waals surface area contributed by atoms with E-state index in [9.17, 15) is 14.4 Å². The van der Waals surface area contributed by atoms with Gasteiger partial charge in [0.15, 0.2) is 0 Å². The van der Waals surface area contributed by atoms with Crippen LogP contribution in [0.15, 0.2) is 101 Å². The van der Waals surface area contributed by atoms with Crippen LogP contribution in [-0.2, 0) is 26.0 Å². The Kier molecular flexibility index (Phi) is 10.7. The molecule has 15 heteroatoms. The molecule has 0 unspecified atom stereocenters. The van der Waals surface area contributed by atoms with E-state index in [0.717, 1.165) is 14.9 Å². The first-order valence-electron chi connectivity index (χ1n) is 18.5. The molecule has 6 aromatic rings. The number of rotatable bonds is 13. The van der Waals surface area contributed by atoms with Crippen LogP contribution in [0.5, 0.6) is 5.75 Å². The minimum absolute atomic E-state index is 0.0679. The minimum Gasteiger partial charge on any atom is -0.496 e. The van der Waals surface area contributed by atoms with Crippen LogP contribution in [0.1, 0.15) is 51.3 Å². The van der Waals surface area contributed by atoms with Gasteiger partial charge in [-0.15, -0.1) is 4.80 Å². The zero-order chi connectivity index (χ0) is 39.8. The average Bonchev–Trinajstić information content (AvgIpc) is 3.92. The van der Waals surface area contributed by atoms with Crippen molar-refractivity contribution >= 4 is 46.2 Å². The van der Waals surface area contributed by atoms with Crippen molar-refractivity contribution < 1.29 is 23.1 Å². The summed E-state index contributed by atoms with van der Waals surface area (Å²) in [5, 5.41) is 14.1. The van der Waals surface area contributed by atoms with Crippen molar-refractivity contribution in [2.24, 2.45) is 0 Å². The van der Waals surface area contributed by atoms with Gasteiger partial charge in [-0.1, -0.05) is 92.8 Å². The first kappa shape index (κ1) is 39.0. The van der Waals surface area contributed by atoms with Gasteiger partial charge in [-0.25, -0.2) is 13.8 Å². The van der Waals surface area contributed by atoms with E-state index in [0.29, 0.717) is 33.3 Å². The van der Waals surface area contributed by atoms with Gasteiger partial charge >= 0.3 is 5.69 Å². The quantitative estimate of drug-likeness (QED) is 0.130. The number of nitrogens with one attached hydrogen (secondary N) is 1. The molecule has 1 aliphatic heterocycles. The lowest BCUT2D eigenvalue weighted by atomic mass is 10.00. The van der Waals surface area contributed by atoms with E-state index in [1.54, 1.807) is 13.8 Å². The van der Waals surface area contributed by atoms with E-state index in [-0.39, 0.29) is 36.6 Å². The molecule has 1 saturated heterocycles. The number of halogens is 1. The van der Waals surface area contributed by atoms with E-state index in [4.69, 9.17) is 13.9 Å². The van der Waals surface area contributed by atoms with Gasteiger partial charge in [0.05, 0.1) is 44.6 Å². The summed E-state index contributed by atoms with van der Waals surface area (Å²) in [5.74, 6) is -0.591. The van der Waals surface area contributed by atoms with Crippen LogP contribution in [0, 0.1) is 12.7 Å². The Bertz CT molecular complexity index is 2440. The van der Waals surface area contributed by atoms with Gasteiger partial charge in [0.25, 0.3) is 13.9 Å². The Labute approximate surface area is 328 Å². The van der Waals surface area contributed by atoms with Crippen LogP contribution in [0.2, 0.25) is 5.04 Å². The van der Waals surface area contributed by atoms with Crippen molar-refractivity contribution in [3.8, 4) is 10.8 Å². The van der Waals surface area contributed by atoms with Crippen molar-refractivity contribution in [2.45, 2.75) is 64.3 Å². The second kappa shape index (κ2) is 15.4. The molecule has 0 spiro atoms. The van der Waals surface area contributed by atoms with Gasteiger partial charge in [-0.2, -0.15) is 10.2 Å². The standard InChI is InChI=1S/C41H45FN6O6SSi/c1-27-34-35(49)47(41(5)19-20-43-38(41)50)39(51)46(37(34)55-36(27)48-44-21-22-45-48)26-33(31-25-28(42)17-18-32(31)52-6)53-23-24-54-56(40(2,3)4,29-13-9-7-10-14-29)30-15-11-8-12-16-30/h7-18,21-22,25,33H,19-20,23-24,26H2,1-6H3,(H,43,50)/t33-,41-/m0/s1. The predicted octanol–water partition coefficient (Wildman–Crippen LogP) is 4.83. The van der Waals surface area contributed by atoms with Crippen LogP contribution in [0.25, 0.3) is 15.2 Å². The zero-order valence-corrected chi connectivity index (χ0v) is 34.1. The number of carbonyl (C=O) groups excluding carboxylic acids is 1. The Hall–Kier alpha value is -5.22. The topological polar surface area (TPSA) is 132 Å². The molecule has 4 heterocycles. The van der Waals surface area contributed by atoms with E-state index in [1.807, 2.05) is 36.4 Å². The largest absolute Gasteiger partial charge is 0.496 e. The number of ether oxygens (including phenoxy) is 2. The lowest BCUT2D eigenvalue weighted by molar-refractivity contribution is -0.126. The number of hydrogen-bond acceptors (Lipinski definition) is 9. The molecular formula is C41H45FN6O6SSi. The number of nitrogens with zero attached hydrogens (tertiary/aromatic N) is 5. The molecule has 12 nitrogen and oxygen atoms in total. The van der Waals surface area contributed by atoms with Gasteiger partial charge in [-0.05, 0) is 53.9 Å². The van der Waals surface area contributed by atoms with Crippen LogP contribution in [-0.4, -0.2) is 65.2 Å². The molecule has 0 aliphatic carbocycles. The summed E-state index contributed by atoms with van der Waals surface area (Å²) < 4.78 is 37.0. The van der Waals surface area contributed by atoms with Gasteiger partial charge in [-0.3, -0.25) is 14.2 Å². The van der Waals surface area contributed by atoms with Crippen molar-refractivity contribution in [1.82, 2.24) is 29.4 Å². The molecule has 1 amide bonds. The lowest BCUT2D eigenvalue weighted by Gasteiger charge is -2.43. The predicted molar refractivity (Wildman–Crippen MR) is 216 cm³/mol. The molecular weight excluding hydrogens is 752 g/mol. The molecule has 0 radical (unpaired) electrons. The number of amides is 1. The third kappa shape index (κ3) is 6.71. The van der Waals surface area contributed by atoms with Crippen LogP contribution >= 0.6 is 11.3 Å². The molecule has 1 aliphatic rings. The van der Waals surface area contributed by atoms with Crippen molar-refractivity contribution in [1.29, 1.82) is 0 Å². The maximum atomic E-state index is 15.1. The maximum Gasteiger partial charge on any atom is 0.333 e. The molecule has 0 saturated carbocycles. The molecule has 7 rings (SSSR count). The van der Waals surface area contributed by atoms with Crippen molar-refractivity contribution in [3.05, 3.63) is 129 Å². The number of hydrogen-bond donors (Lipinski definition) is 1. The highest BCUT2D eigenvalue weighted by Gasteiger charge is 2.50. The van der Waals surface area contributed by atoms with Crippen LogP contribution in [0.4, 0.5) is 4.39 Å². The number of methoxy groups -OCH3 is 1. The minimum atomic E-state index is -2.93. The van der Waals surface area contributed by atoms with Crippen LogP contribution < -0.4 is 31.7 Å². The summed E-state index contributed by atoms with van der Waals surface area (Å²) in [4.78, 5) is 44.2. The normalized spacial score (nSPS) is 16.7. The molecule has 56 heavy (non-hydrogen) atoms. The smallest absolute Gasteiger partial charge is 0.333 e. The van der Waals surface area contributed by atoms with Crippen LogP contribution in [0.3, 0.4) is 0 Å². The molecule has 1 fully saturated rings. The summed E-state index contributed by atoms with van der Waals surface area (Å²) in [6, 6.07) is 24.6. The summed E-state index contributed by atoms with van der Waals surface area (Å²) in [7, 11) is -1.45. The van der Waals surface area contributed by atoms with Gasteiger partial charge < -0.3 is 19.2 Å². The molecule has 0 bridgehead atoms. The lowest BCUT2D eigenvalue weighted by Crippen LogP contribution is -2.66. The third-order valence-corrected chi connectivity index (χ3v) is 17.0. The molecule has 292 valence electrons. The second-order valence-corrected chi connectivity index (χ2v) is 20.4. The Morgan fingerprint density at radius 2 is 1.61 bits per heavy atom. The Balaban J connectivity index is 1.33. The summed E-state index contributed by atoms with van der Waals surface area (Å²) >= 11 is 1.17. The fourth-order valence-corrected chi connectivity index (χ4v) is 13.7. The molecule has 3 aromatic carbocycles. The number of aromatic nitrogens is 5.